The molecule has 0 spiro atoms. The van der Waals surface area contributed by atoms with Crippen LogP contribution in [-0.2, 0) is 5.75 Å². The van der Waals surface area contributed by atoms with Crippen molar-refractivity contribution in [1.29, 1.82) is 0 Å². The fourth-order valence-electron chi connectivity index (χ4n) is 1.53. The molecule has 0 bridgehead atoms. The molecule has 0 fully saturated rings. The first-order chi connectivity index (χ1) is 10.2. The molecule has 0 aliphatic carbocycles. The quantitative estimate of drug-likeness (QED) is 0.304. The van der Waals surface area contributed by atoms with Gasteiger partial charge in [-0.2, -0.15) is 5.10 Å². The van der Waals surface area contributed by atoms with Crippen LogP contribution in [0.2, 0.25) is 0 Å². The second-order valence-electron chi connectivity index (χ2n) is 4.10. The average molecular weight is 474 g/mol. The Morgan fingerprint density at radius 2 is 1.95 bits per heavy atom. The lowest BCUT2D eigenvalue weighted by molar-refractivity contribution is 1.25. The standard InChI is InChI=1S/C15H13BrIN3S/c16-14-12(7-4-8-13(14)17)9-19-20-15(18)21-10-11-5-2-1-3-6-11/h1-9H,10H2,(H2,18,20). The zero-order valence-corrected chi connectivity index (χ0v) is 15.6. The average Bonchev–Trinajstić information content (AvgIpc) is 2.50. The maximum absolute atomic E-state index is 5.84. The number of nitrogens with zero attached hydrogens (tertiary/aromatic N) is 2. The fraction of sp³-hybridized carbons (Fsp3) is 0.0667. The molecule has 2 aromatic carbocycles. The van der Waals surface area contributed by atoms with Crippen LogP contribution in [0.1, 0.15) is 11.1 Å². The molecule has 0 unspecified atom stereocenters. The van der Waals surface area contributed by atoms with Gasteiger partial charge in [-0.05, 0) is 50.2 Å². The number of amidine groups is 1. The molecule has 2 rings (SSSR count). The van der Waals surface area contributed by atoms with Crippen LogP contribution in [0.3, 0.4) is 0 Å². The zero-order valence-electron chi connectivity index (χ0n) is 11.0. The van der Waals surface area contributed by atoms with Crippen molar-refractivity contribution in [3.63, 3.8) is 0 Å². The highest BCUT2D eigenvalue weighted by Crippen LogP contribution is 2.22. The van der Waals surface area contributed by atoms with E-state index < -0.39 is 0 Å². The number of halogens is 2. The molecule has 3 nitrogen and oxygen atoms in total. The highest BCUT2D eigenvalue weighted by molar-refractivity contribution is 14.1. The van der Waals surface area contributed by atoms with Gasteiger partial charge in [0.05, 0.1) is 6.21 Å². The van der Waals surface area contributed by atoms with E-state index in [-0.39, 0.29) is 0 Å². The maximum atomic E-state index is 5.84. The molecule has 0 aliphatic rings. The molecule has 6 heteroatoms. The van der Waals surface area contributed by atoms with Crippen molar-refractivity contribution in [1.82, 2.24) is 0 Å². The van der Waals surface area contributed by atoms with Gasteiger partial charge in [0, 0.05) is 19.4 Å². The summed E-state index contributed by atoms with van der Waals surface area (Å²) in [5.41, 5.74) is 8.03. The van der Waals surface area contributed by atoms with Crippen molar-refractivity contribution in [3.05, 3.63) is 67.7 Å². The van der Waals surface area contributed by atoms with Crippen LogP contribution in [0.4, 0.5) is 0 Å². The number of thioether (sulfide) groups is 1. The molecule has 0 amide bonds. The van der Waals surface area contributed by atoms with Crippen LogP contribution < -0.4 is 5.73 Å². The molecule has 0 heterocycles. The summed E-state index contributed by atoms with van der Waals surface area (Å²) < 4.78 is 2.15. The smallest absolute Gasteiger partial charge is 0.180 e. The van der Waals surface area contributed by atoms with Crippen molar-refractivity contribution in [3.8, 4) is 0 Å². The number of benzene rings is 2. The van der Waals surface area contributed by atoms with E-state index in [9.17, 15) is 0 Å². The Balaban J connectivity index is 1.94. The first-order valence-corrected chi connectivity index (χ1v) is 9.00. The van der Waals surface area contributed by atoms with Crippen LogP contribution in [0.5, 0.6) is 0 Å². The van der Waals surface area contributed by atoms with Gasteiger partial charge in [0.15, 0.2) is 5.17 Å². The second-order valence-corrected chi connectivity index (χ2v) is 7.05. The van der Waals surface area contributed by atoms with Gasteiger partial charge in [-0.3, -0.25) is 0 Å². The Kier molecular flexibility index (Phi) is 6.72. The third kappa shape index (κ3) is 5.44. The monoisotopic (exact) mass is 473 g/mol. The lowest BCUT2D eigenvalue weighted by atomic mass is 10.2. The number of hydrogen-bond acceptors (Lipinski definition) is 3. The predicted octanol–water partition coefficient (Wildman–Crippen LogP) is 4.64. The Labute approximate surface area is 150 Å². The summed E-state index contributed by atoms with van der Waals surface area (Å²) in [6.45, 7) is 0. The third-order valence-corrected chi connectivity index (χ3v) is 5.94. The molecule has 0 aliphatic heterocycles. The highest BCUT2D eigenvalue weighted by Gasteiger charge is 2.00. The molecule has 108 valence electrons. The Morgan fingerprint density at radius 3 is 2.71 bits per heavy atom. The molecule has 0 saturated carbocycles. The zero-order chi connectivity index (χ0) is 15.1. The van der Waals surface area contributed by atoms with E-state index >= 15 is 0 Å². The Bertz CT molecular complexity index is 659. The highest BCUT2D eigenvalue weighted by atomic mass is 127. The minimum Gasteiger partial charge on any atom is -0.377 e. The van der Waals surface area contributed by atoms with Crippen LogP contribution in [0.25, 0.3) is 0 Å². The minimum absolute atomic E-state index is 0.455. The van der Waals surface area contributed by atoms with Gasteiger partial charge < -0.3 is 5.73 Å². The van der Waals surface area contributed by atoms with E-state index in [0.29, 0.717) is 5.17 Å². The van der Waals surface area contributed by atoms with Gasteiger partial charge in [-0.15, -0.1) is 5.10 Å². The van der Waals surface area contributed by atoms with Crippen molar-refractivity contribution >= 4 is 61.7 Å². The summed E-state index contributed by atoms with van der Waals surface area (Å²) in [7, 11) is 0. The largest absolute Gasteiger partial charge is 0.377 e. The molecular formula is C15H13BrIN3S. The van der Waals surface area contributed by atoms with Crippen LogP contribution in [0.15, 0.2) is 63.2 Å². The van der Waals surface area contributed by atoms with Crippen molar-refractivity contribution in [2.45, 2.75) is 5.75 Å². The maximum Gasteiger partial charge on any atom is 0.180 e. The van der Waals surface area contributed by atoms with Crippen molar-refractivity contribution in [2.24, 2.45) is 15.9 Å². The van der Waals surface area contributed by atoms with E-state index in [0.717, 1.165) is 19.4 Å². The molecule has 21 heavy (non-hydrogen) atoms. The molecule has 0 radical (unpaired) electrons. The summed E-state index contributed by atoms with van der Waals surface area (Å²) in [4.78, 5) is 0. The lowest BCUT2D eigenvalue weighted by Gasteiger charge is -2.00. The van der Waals surface area contributed by atoms with E-state index in [1.807, 2.05) is 36.4 Å². The SMILES string of the molecule is NC(=NN=Cc1cccc(I)c1Br)SCc1ccccc1. The molecule has 0 aromatic heterocycles. The van der Waals surface area contributed by atoms with Gasteiger partial charge in [0.2, 0.25) is 0 Å². The molecule has 0 atom stereocenters. The van der Waals surface area contributed by atoms with Crippen molar-refractivity contribution < 1.29 is 0 Å². The van der Waals surface area contributed by atoms with Crippen LogP contribution >= 0.6 is 50.3 Å². The summed E-state index contributed by atoms with van der Waals surface area (Å²) in [6, 6.07) is 16.1. The fourth-order valence-corrected chi connectivity index (χ4v) is 3.03. The van der Waals surface area contributed by atoms with Gasteiger partial charge >= 0.3 is 0 Å². The number of rotatable bonds is 4. The molecule has 2 N–H and O–H groups in total. The second kappa shape index (κ2) is 8.55. The first kappa shape index (κ1) is 16.5. The van der Waals surface area contributed by atoms with Gasteiger partial charge in [0.1, 0.15) is 0 Å². The van der Waals surface area contributed by atoms with E-state index in [4.69, 9.17) is 5.73 Å². The van der Waals surface area contributed by atoms with Gasteiger partial charge in [-0.25, -0.2) is 0 Å². The number of nitrogens with two attached hydrogens (primary N) is 1. The molecule has 2 aromatic rings. The predicted molar refractivity (Wildman–Crippen MR) is 104 cm³/mol. The first-order valence-electron chi connectivity index (χ1n) is 6.14. The van der Waals surface area contributed by atoms with E-state index in [1.165, 1.54) is 17.3 Å². The summed E-state index contributed by atoms with van der Waals surface area (Å²) in [5.74, 6) is 0.790. The third-order valence-electron chi connectivity index (χ3n) is 2.56. The lowest BCUT2D eigenvalue weighted by Crippen LogP contribution is -2.06. The van der Waals surface area contributed by atoms with Gasteiger partial charge in [0.25, 0.3) is 0 Å². The molecule has 0 saturated heterocycles. The molecular weight excluding hydrogens is 461 g/mol. The number of hydrogen-bond donors (Lipinski definition) is 1. The summed E-state index contributed by atoms with van der Waals surface area (Å²) >= 11 is 7.26. The topological polar surface area (TPSA) is 50.7 Å². The van der Waals surface area contributed by atoms with E-state index in [1.54, 1.807) is 6.21 Å². The van der Waals surface area contributed by atoms with Crippen LogP contribution in [-0.4, -0.2) is 11.4 Å². The Hall–Kier alpha value is -0.860. The Morgan fingerprint density at radius 1 is 1.19 bits per heavy atom. The normalized spacial score (nSPS) is 12.0. The van der Waals surface area contributed by atoms with Crippen LogP contribution in [0, 0.1) is 3.57 Å². The van der Waals surface area contributed by atoms with Gasteiger partial charge in [-0.1, -0.05) is 54.2 Å². The van der Waals surface area contributed by atoms with E-state index in [2.05, 4.69) is 60.9 Å². The summed E-state index contributed by atoms with van der Waals surface area (Å²) in [5, 5.41) is 8.50. The van der Waals surface area contributed by atoms with Crippen molar-refractivity contribution in [2.75, 3.05) is 0 Å². The minimum atomic E-state index is 0.455. The summed E-state index contributed by atoms with van der Waals surface area (Å²) in [6.07, 6.45) is 1.70.